The van der Waals surface area contributed by atoms with Crippen LogP contribution in [-0.2, 0) is 14.8 Å². The number of sulfonamides is 1. The van der Waals surface area contributed by atoms with Crippen molar-refractivity contribution in [1.82, 2.24) is 14.9 Å². The second-order valence-electron chi connectivity index (χ2n) is 8.11. The second kappa shape index (κ2) is 10.0. The number of aliphatic hydroxyl groups is 1. The molecule has 1 aromatic rings. The van der Waals surface area contributed by atoms with Crippen molar-refractivity contribution in [3.8, 4) is 5.75 Å². The minimum atomic E-state index is -3.53. The number of unbranched alkanes of at least 4 members (excludes halogenated alkanes) is 2. The van der Waals surface area contributed by atoms with Crippen molar-refractivity contribution < 1.29 is 27.4 Å². The number of hydrogen-bond donors (Lipinski definition) is 3. The van der Waals surface area contributed by atoms with Crippen LogP contribution in [0.15, 0.2) is 18.2 Å². The van der Waals surface area contributed by atoms with E-state index in [2.05, 4.69) is 10.0 Å². The smallest absolute Gasteiger partial charge is 0.237 e. The quantitative estimate of drug-likeness (QED) is 0.422. The zero-order valence-electron chi connectivity index (χ0n) is 17.1. The molecule has 1 amide bonds. The average Bonchev–Trinajstić information content (AvgIpc) is 3.43. The molecule has 0 radical (unpaired) electrons. The summed E-state index contributed by atoms with van der Waals surface area (Å²) < 4.78 is 46.9. The molecule has 1 saturated carbocycles. The molecule has 0 aromatic heterocycles. The number of rotatable bonds is 12. The summed E-state index contributed by atoms with van der Waals surface area (Å²) in [6.45, 7) is 2.90. The maximum absolute atomic E-state index is 13.9. The third-order valence-corrected chi connectivity index (χ3v) is 6.81. The number of nitrogens with one attached hydrogen (secondary N) is 2. The highest BCUT2D eigenvalue weighted by Gasteiger charge is 2.27. The Morgan fingerprint density at radius 2 is 2.07 bits per heavy atom. The van der Waals surface area contributed by atoms with Gasteiger partial charge in [0.15, 0.2) is 6.35 Å². The molecule has 1 unspecified atom stereocenters. The molecule has 0 bridgehead atoms. The van der Waals surface area contributed by atoms with Gasteiger partial charge in [-0.25, -0.2) is 17.5 Å². The van der Waals surface area contributed by atoms with Gasteiger partial charge in [0.2, 0.25) is 15.9 Å². The van der Waals surface area contributed by atoms with E-state index < -0.39 is 28.2 Å². The van der Waals surface area contributed by atoms with Crippen LogP contribution in [0.3, 0.4) is 0 Å². The summed E-state index contributed by atoms with van der Waals surface area (Å²) in [5, 5.41) is 12.0. The van der Waals surface area contributed by atoms with Crippen LogP contribution in [0.4, 0.5) is 4.39 Å². The summed E-state index contributed by atoms with van der Waals surface area (Å²) in [5.74, 6) is 0.235. The van der Waals surface area contributed by atoms with Crippen LogP contribution in [0.25, 0.3) is 0 Å². The standard InChI is InChI=1S/C20H30FN3O5S/c1-14(16-9-17(21)11-18(10-16)29-13-15-5-6-15)23-30(27,28)8-4-2-3-7-24-12-19(25)22-20(24)26/h9-11,14-15,20,23,26H,2-8,12-13H2,1H3,(H,22,25)/t14-,20?/m0/s1. The molecule has 1 saturated heterocycles. The molecule has 2 atom stereocenters. The highest BCUT2D eigenvalue weighted by Crippen LogP contribution is 2.30. The lowest BCUT2D eigenvalue weighted by atomic mass is 10.1. The zero-order chi connectivity index (χ0) is 21.7. The first kappa shape index (κ1) is 22.9. The maximum atomic E-state index is 13.9. The van der Waals surface area contributed by atoms with Crippen LogP contribution in [0, 0.1) is 11.7 Å². The van der Waals surface area contributed by atoms with Gasteiger partial charge in [0.1, 0.15) is 11.6 Å². The first-order chi connectivity index (χ1) is 14.2. The van der Waals surface area contributed by atoms with Gasteiger partial charge in [-0.05, 0) is 56.2 Å². The van der Waals surface area contributed by atoms with Gasteiger partial charge in [0.25, 0.3) is 0 Å². The Labute approximate surface area is 176 Å². The van der Waals surface area contributed by atoms with Gasteiger partial charge >= 0.3 is 0 Å². The number of amides is 1. The highest BCUT2D eigenvalue weighted by molar-refractivity contribution is 7.89. The minimum absolute atomic E-state index is 0.0442. The molecule has 3 N–H and O–H groups in total. The normalized spacial score (nSPS) is 20.9. The van der Waals surface area contributed by atoms with E-state index in [1.54, 1.807) is 17.9 Å². The Hall–Kier alpha value is -1.75. The maximum Gasteiger partial charge on any atom is 0.237 e. The summed E-state index contributed by atoms with van der Waals surface area (Å²) in [6, 6.07) is 3.72. The van der Waals surface area contributed by atoms with Crippen molar-refractivity contribution in [2.75, 3.05) is 25.4 Å². The monoisotopic (exact) mass is 443 g/mol. The molecule has 2 fully saturated rings. The Bertz CT molecular complexity index is 847. The van der Waals surface area contributed by atoms with Crippen LogP contribution in [0.2, 0.25) is 0 Å². The summed E-state index contributed by atoms with van der Waals surface area (Å²) in [4.78, 5) is 12.8. The third-order valence-electron chi connectivity index (χ3n) is 5.27. The number of halogens is 1. The predicted molar refractivity (Wildman–Crippen MR) is 110 cm³/mol. The summed E-state index contributed by atoms with van der Waals surface area (Å²) >= 11 is 0. The van der Waals surface area contributed by atoms with Gasteiger partial charge < -0.3 is 15.2 Å². The summed E-state index contributed by atoms with van der Waals surface area (Å²) in [7, 11) is -3.53. The Balaban J connectivity index is 1.42. The molecule has 1 aliphatic heterocycles. The van der Waals surface area contributed by atoms with Gasteiger partial charge in [-0.2, -0.15) is 0 Å². The van der Waals surface area contributed by atoms with Crippen molar-refractivity contribution in [3.63, 3.8) is 0 Å². The fourth-order valence-electron chi connectivity index (χ4n) is 3.35. The molecule has 10 heteroatoms. The van der Waals surface area contributed by atoms with Crippen molar-refractivity contribution in [1.29, 1.82) is 0 Å². The first-order valence-electron chi connectivity index (χ1n) is 10.4. The molecule has 2 aliphatic rings. The van der Waals surface area contributed by atoms with E-state index in [9.17, 15) is 22.7 Å². The van der Waals surface area contributed by atoms with Crippen LogP contribution < -0.4 is 14.8 Å². The summed E-state index contributed by atoms with van der Waals surface area (Å²) in [6.07, 6.45) is 3.06. The second-order valence-corrected chi connectivity index (χ2v) is 9.98. The molecular weight excluding hydrogens is 413 g/mol. The topological polar surface area (TPSA) is 108 Å². The van der Waals surface area contributed by atoms with Gasteiger partial charge in [-0.15, -0.1) is 0 Å². The molecule has 1 aromatic carbocycles. The SMILES string of the molecule is C[C@H](NS(=O)(=O)CCCCCN1CC(=O)NC1O)c1cc(F)cc(OCC2CC2)c1. The lowest BCUT2D eigenvalue weighted by molar-refractivity contribution is -0.119. The summed E-state index contributed by atoms with van der Waals surface area (Å²) in [5.41, 5.74) is 0.518. The fourth-order valence-corrected chi connectivity index (χ4v) is 4.73. The average molecular weight is 444 g/mol. The van der Waals surface area contributed by atoms with Crippen LogP contribution in [0.5, 0.6) is 5.75 Å². The van der Waals surface area contributed by atoms with Crippen LogP contribution >= 0.6 is 0 Å². The lowest BCUT2D eigenvalue weighted by Crippen LogP contribution is -2.36. The van der Waals surface area contributed by atoms with Gasteiger partial charge in [0.05, 0.1) is 18.9 Å². The van der Waals surface area contributed by atoms with E-state index in [1.165, 1.54) is 12.1 Å². The molecule has 3 rings (SSSR count). The van der Waals surface area contributed by atoms with Crippen molar-refractivity contribution >= 4 is 15.9 Å². The number of benzene rings is 1. The molecule has 1 aliphatic carbocycles. The van der Waals surface area contributed by atoms with E-state index >= 15 is 0 Å². The van der Waals surface area contributed by atoms with E-state index in [0.717, 1.165) is 12.8 Å². The van der Waals surface area contributed by atoms with E-state index in [4.69, 9.17) is 4.74 Å². The molecule has 8 nitrogen and oxygen atoms in total. The molecular formula is C20H30FN3O5S. The molecule has 0 spiro atoms. The predicted octanol–water partition coefficient (Wildman–Crippen LogP) is 1.47. The number of ether oxygens (including phenoxy) is 1. The molecule has 1 heterocycles. The lowest BCUT2D eigenvalue weighted by Gasteiger charge is -2.18. The Morgan fingerprint density at radius 1 is 1.30 bits per heavy atom. The molecule has 30 heavy (non-hydrogen) atoms. The van der Waals surface area contributed by atoms with E-state index in [0.29, 0.717) is 49.6 Å². The number of aliphatic hydroxyl groups excluding tert-OH is 1. The van der Waals surface area contributed by atoms with Crippen LogP contribution in [-0.4, -0.2) is 56.1 Å². The van der Waals surface area contributed by atoms with Gasteiger partial charge in [-0.1, -0.05) is 6.42 Å². The van der Waals surface area contributed by atoms with Crippen molar-refractivity contribution in [2.45, 2.75) is 51.4 Å². The zero-order valence-corrected chi connectivity index (χ0v) is 18.0. The first-order valence-corrected chi connectivity index (χ1v) is 12.0. The van der Waals surface area contributed by atoms with Crippen LogP contribution in [0.1, 0.15) is 50.6 Å². The largest absolute Gasteiger partial charge is 0.493 e. The Kier molecular flexibility index (Phi) is 7.67. The number of hydrogen-bond acceptors (Lipinski definition) is 6. The number of carbonyl (C=O) groups is 1. The van der Waals surface area contributed by atoms with Crippen molar-refractivity contribution in [2.24, 2.45) is 5.92 Å². The van der Waals surface area contributed by atoms with Gasteiger partial charge in [0, 0.05) is 18.7 Å². The number of nitrogens with zero attached hydrogens (tertiary/aromatic N) is 1. The van der Waals surface area contributed by atoms with Crippen molar-refractivity contribution in [3.05, 3.63) is 29.6 Å². The third kappa shape index (κ3) is 7.19. The minimum Gasteiger partial charge on any atom is -0.493 e. The van der Waals surface area contributed by atoms with E-state index in [1.807, 2.05) is 0 Å². The van der Waals surface area contributed by atoms with Gasteiger partial charge in [-0.3, -0.25) is 9.69 Å². The highest BCUT2D eigenvalue weighted by atomic mass is 32.2. The fraction of sp³-hybridized carbons (Fsp3) is 0.650. The van der Waals surface area contributed by atoms with E-state index in [-0.39, 0.29) is 18.2 Å². The Morgan fingerprint density at radius 3 is 2.73 bits per heavy atom. The molecule has 168 valence electrons. The number of carbonyl (C=O) groups excluding carboxylic acids is 1.